The quantitative estimate of drug-likeness (QED) is 0.798. The molecule has 0 bridgehead atoms. The van der Waals surface area contributed by atoms with Crippen molar-refractivity contribution >= 4 is 17.7 Å². The van der Waals surface area contributed by atoms with Crippen molar-refractivity contribution in [2.45, 2.75) is 26.8 Å². The number of fused-ring (bicyclic) bond motifs is 1. The van der Waals surface area contributed by atoms with Gasteiger partial charge in [-0.15, -0.1) is 0 Å². The minimum absolute atomic E-state index is 0.259. The number of nitrogens with one attached hydrogen (secondary N) is 1. The molecule has 0 saturated carbocycles. The van der Waals surface area contributed by atoms with Crippen LogP contribution in [-0.4, -0.2) is 35.8 Å². The van der Waals surface area contributed by atoms with Crippen molar-refractivity contribution in [2.24, 2.45) is 0 Å². The molecule has 0 spiro atoms. The molecule has 1 atom stereocenters. The maximum atomic E-state index is 12.5. The average Bonchev–Trinajstić information content (AvgIpc) is 2.87. The molecule has 140 valence electrons. The van der Waals surface area contributed by atoms with E-state index < -0.39 is 11.8 Å². The Morgan fingerprint density at radius 1 is 1.07 bits per heavy atom. The molecule has 1 aliphatic rings. The molecule has 0 saturated heterocycles. The highest BCUT2D eigenvalue weighted by Crippen LogP contribution is 2.24. The highest BCUT2D eigenvalue weighted by molar-refractivity contribution is 6.22. The van der Waals surface area contributed by atoms with Gasteiger partial charge in [0, 0.05) is 0 Å². The summed E-state index contributed by atoms with van der Waals surface area (Å²) in [6, 6.07) is 12.3. The van der Waals surface area contributed by atoms with E-state index in [9.17, 15) is 14.4 Å². The van der Waals surface area contributed by atoms with Crippen LogP contribution in [0.15, 0.2) is 42.5 Å². The molecular formula is C21H22N2O4. The van der Waals surface area contributed by atoms with Crippen molar-refractivity contribution in [2.75, 3.05) is 13.2 Å². The molecule has 0 radical (unpaired) electrons. The summed E-state index contributed by atoms with van der Waals surface area (Å²) in [5.74, 6) is -0.481. The highest BCUT2D eigenvalue weighted by Gasteiger charge is 2.36. The molecule has 6 heteroatoms. The lowest BCUT2D eigenvalue weighted by molar-refractivity contribution is -0.122. The molecular weight excluding hydrogens is 344 g/mol. The van der Waals surface area contributed by atoms with Crippen molar-refractivity contribution in [1.82, 2.24) is 10.2 Å². The summed E-state index contributed by atoms with van der Waals surface area (Å²) in [5, 5.41) is 2.83. The summed E-state index contributed by atoms with van der Waals surface area (Å²) < 4.78 is 5.40. The first-order valence-electron chi connectivity index (χ1n) is 8.89. The number of benzene rings is 2. The van der Waals surface area contributed by atoms with E-state index in [1.165, 1.54) is 0 Å². The molecule has 6 nitrogen and oxygen atoms in total. The van der Waals surface area contributed by atoms with E-state index in [1.807, 2.05) is 45.0 Å². The van der Waals surface area contributed by atoms with Crippen molar-refractivity contribution in [3.63, 3.8) is 0 Å². The number of hydrogen-bond acceptors (Lipinski definition) is 4. The predicted molar refractivity (Wildman–Crippen MR) is 101 cm³/mol. The van der Waals surface area contributed by atoms with E-state index in [0.29, 0.717) is 17.7 Å². The van der Waals surface area contributed by atoms with E-state index in [0.717, 1.165) is 21.8 Å². The van der Waals surface area contributed by atoms with Crippen molar-refractivity contribution in [3.8, 4) is 5.75 Å². The molecule has 3 amide bonds. The van der Waals surface area contributed by atoms with Gasteiger partial charge in [-0.05, 0) is 50.6 Å². The zero-order valence-corrected chi connectivity index (χ0v) is 15.6. The summed E-state index contributed by atoms with van der Waals surface area (Å²) in [6.07, 6.45) is 0. The van der Waals surface area contributed by atoms with Gasteiger partial charge in [0.15, 0.2) is 0 Å². The van der Waals surface area contributed by atoms with Gasteiger partial charge in [-0.3, -0.25) is 19.3 Å². The molecule has 0 fully saturated rings. The number of carbonyl (C=O) groups is 3. The molecule has 27 heavy (non-hydrogen) atoms. The Labute approximate surface area is 158 Å². The van der Waals surface area contributed by atoms with Crippen molar-refractivity contribution in [3.05, 3.63) is 64.7 Å². The van der Waals surface area contributed by atoms with Crippen LogP contribution in [0.4, 0.5) is 0 Å². The Morgan fingerprint density at radius 2 is 1.74 bits per heavy atom. The van der Waals surface area contributed by atoms with Crippen LogP contribution in [0.25, 0.3) is 0 Å². The number of carbonyl (C=O) groups excluding carboxylic acids is 3. The van der Waals surface area contributed by atoms with E-state index in [2.05, 4.69) is 5.32 Å². The van der Waals surface area contributed by atoms with Gasteiger partial charge in [-0.25, -0.2) is 0 Å². The minimum Gasteiger partial charge on any atom is -0.494 e. The summed E-state index contributed by atoms with van der Waals surface area (Å²) in [4.78, 5) is 38.3. The Hall–Kier alpha value is -3.15. The second-order valence-electron chi connectivity index (χ2n) is 6.54. The Bertz CT molecular complexity index is 890. The molecule has 1 heterocycles. The lowest BCUT2D eigenvalue weighted by atomic mass is 10.1. The number of aryl methyl sites for hydroxylation is 1. The molecule has 2 aromatic rings. The zero-order chi connectivity index (χ0) is 19.6. The molecule has 1 unspecified atom stereocenters. The highest BCUT2D eigenvalue weighted by atomic mass is 16.5. The van der Waals surface area contributed by atoms with Crippen LogP contribution in [0, 0.1) is 6.92 Å². The van der Waals surface area contributed by atoms with Crippen molar-refractivity contribution in [1.29, 1.82) is 0 Å². The Kier molecular flexibility index (Phi) is 5.26. The van der Waals surface area contributed by atoms with Crippen LogP contribution in [0.2, 0.25) is 0 Å². The van der Waals surface area contributed by atoms with Crippen molar-refractivity contribution < 1.29 is 19.1 Å². The second kappa shape index (κ2) is 7.61. The normalized spacial score (nSPS) is 14.1. The van der Waals surface area contributed by atoms with Gasteiger partial charge in [0.2, 0.25) is 5.91 Å². The Balaban J connectivity index is 1.64. The van der Waals surface area contributed by atoms with Crippen LogP contribution < -0.4 is 10.1 Å². The van der Waals surface area contributed by atoms with Crippen LogP contribution in [0.1, 0.15) is 51.7 Å². The standard InChI is InChI=1S/C21H22N2O4/c1-4-27-16-8-6-15(7-9-16)14(3)22-19(24)12-23-20(25)17-10-5-13(2)11-18(17)21(23)26/h5-11,14H,4,12H2,1-3H3,(H,22,24). The van der Waals surface area contributed by atoms with Gasteiger partial charge in [0.05, 0.1) is 23.8 Å². The minimum atomic E-state index is -0.432. The number of nitrogens with zero attached hydrogens (tertiary/aromatic N) is 1. The predicted octanol–water partition coefficient (Wildman–Crippen LogP) is 2.87. The SMILES string of the molecule is CCOc1ccc(C(C)NC(=O)CN2C(=O)c3ccc(C)cc3C2=O)cc1. The van der Waals surface area contributed by atoms with Crippen LogP contribution in [0.5, 0.6) is 5.75 Å². The fourth-order valence-corrected chi connectivity index (χ4v) is 3.08. The third kappa shape index (κ3) is 3.84. The third-order valence-electron chi connectivity index (χ3n) is 4.50. The fourth-order valence-electron chi connectivity index (χ4n) is 3.08. The number of amides is 3. The third-order valence-corrected chi connectivity index (χ3v) is 4.50. The van der Waals surface area contributed by atoms with E-state index in [1.54, 1.807) is 18.2 Å². The van der Waals surface area contributed by atoms with E-state index >= 15 is 0 Å². The largest absolute Gasteiger partial charge is 0.494 e. The molecule has 1 aliphatic heterocycles. The Morgan fingerprint density at radius 3 is 2.41 bits per heavy atom. The smallest absolute Gasteiger partial charge is 0.262 e. The van der Waals surface area contributed by atoms with Gasteiger partial charge >= 0.3 is 0 Å². The van der Waals surface area contributed by atoms with Gasteiger partial charge in [0.1, 0.15) is 12.3 Å². The van der Waals surface area contributed by atoms with Crippen LogP contribution in [-0.2, 0) is 4.79 Å². The zero-order valence-electron chi connectivity index (χ0n) is 15.6. The summed E-state index contributed by atoms with van der Waals surface area (Å²) in [7, 11) is 0. The molecule has 0 aliphatic carbocycles. The van der Waals surface area contributed by atoms with Gasteiger partial charge < -0.3 is 10.1 Å². The number of ether oxygens (including phenoxy) is 1. The van der Waals surface area contributed by atoms with Crippen LogP contribution in [0.3, 0.4) is 0 Å². The topological polar surface area (TPSA) is 75.7 Å². The summed E-state index contributed by atoms with van der Waals surface area (Å²) in [6.45, 7) is 5.90. The van der Waals surface area contributed by atoms with Gasteiger partial charge in [-0.2, -0.15) is 0 Å². The fraction of sp³-hybridized carbons (Fsp3) is 0.286. The first kappa shape index (κ1) is 18.6. The van der Waals surface area contributed by atoms with Crippen LogP contribution >= 0.6 is 0 Å². The maximum Gasteiger partial charge on any atom is 0.262 e. The molecule has 3 rings (SSSR count). The lowest BCUT2D eigenvalue weighted by Gasteiger charge is -2.18. The van der Waals surface area contributed by atoms with E-state index in [-0.39, 0.29) is 18.5 Å². The number of hydrogen-bond donors (Lipinski definition) is 1. The average molecular weight is 366 g/mol. The molecule has 2 aromatic carbocycles. The molecule has 1 N–H and O–H groups in total. The lowest BCUT2D eigenvalue weighted by Crippen LogP contribution is -2.41. The summed E-state index contributed by atoms with van der Waals surface area (Å²) >= 11 is 0. The van der Waals surface area contributed by atoms with Gasteiger partial charge in [0.25, 0.3) is 11.8 Å². The first-order valence-corrected chi connectivity index (χ1v) is 8.89. The monoisotopic (exact) mass is 366 g/mol. The molecule has 0 aromatic heterocycles. The number of rotatable bonds is 6. The summed E-state index contributed by atoms with van der Waals surface area (Å²) in [5.41, 5.74) is 2.50. The first-order chi connectivity index (χ1) is 12.9. The second-order valence-corrected chi connectivity index (χ2v) is 6.54. The van der Waals surface area contributed by atoms with Gasteiger partial charge in [-0.1, -0.05) is 23.8 Å². The number of imide groups is 1. The van der Waals surface area contributed by atoms with E-state index in [4.69, 9.17) is 4.74 Å². The maximum absolute atomic E-state index is 12.5.